The molecule has 0 saturated heterocycles. The number of rotatable bonds is 3. The predicted molar refractivity (Wildman–Crippen MR) is 59.3 cm³/mol. The molecule has 0 aliphatic rings. The first-order valence-corrected chi connectivity index (χ1v) is 6.02. The number of allylic oxidation sites excluding steroid dienone is 1. The third kappa shape index (κ3) is 2.54. The average molecular weight is 258 g/mol. The van der Waals surface area contributed by atoms with Gasteiger partial charge in [0.2, 0.25) is 9.84 Å². The molecule has 0 heterocycles. The summed E-state index contributed by atoms with van der Waals surface area (Å²) >= 11 is 5.64. The second-order valence-electron chi connectivity index (χ2n) is 2.79. The molecular weight excluding hydrogens is 250 g/mol. The summed E-state index contributed by atoms with van der Waals surface area (Å²) in [5.74, 6) is 0. The Kier molecular flexibility index (Phi) is 3.93. The number of nitrogens with zero attached hydrogens (tertiary/aromatic N) is 1. The molecule has 0 bridgehead atoms. The molecule has 0 fully saturated rings. The highest BCUT2D eigenvalue weighted by atomic mass is 35.5. The maximum atomic E-state index is 11.9. The van der Waals surface area contributed by atoms with Gasteiger partial charge in [0.1, 0.15) is 12.3 Å². The van der Waals surface area contributed by atoms with Crippen molar-refractivity contribution in [2.75, 3.05) is 7.11 Å². The highest BCUT2D eigenvalue weighted by Gasteiger charge is 2.20. The van der Waals surface area contributed by atoms with Gasteiger partial charge >= 0.3 is 0 Å². The summed E-state index contributed by atoms with van der Waals surface area (Å²) < 4.78 is 28.2. The molecular formula is C10H8ClNO3S. The van der Waals surface area contributed by atoms with Gasteiger partial charge in [0.25, 0.3) is 0 Å². The van der Waals surface area contributed by atoms with Gasteiger partial charge in [-0.3, -0.25) is 0 Å². The van der Waals surface area contributed by atoms with Crippen LogP contribution in [0.25, 0.3) is 0 Å². The number of nitriles is 1. The maximum absolute atomic E-state index is 11.9. The van der Waals surface area contributed by atoms with E-state index in [4.69, 9.17) is 16.9 Å². The molecule has 1 aromatic carbocycles. The van der Waals surface area contributed by atoms with E-state index in [2.05, 4.69) is 4.74 Å². The van der Waals surface area contributed by atoms with Crippen LogP contribution < -0.4 is 0 Å². The number of halogens is 1. The van der Waals surface area contributed by atoms with Crippen molar-refractivity contribution in [2.24, 2.45) is 0 Å². The van der Waals surface area contributed by atoms with Crippen molar-refractivity contribution >= 4 is 21.4 Å². The predicted octanol–water partition coefficient (Wildman–Crippen LogP) is 2.13. The molecule has 1 rings (SSSR count). The molecule has 0 aromatic heterocycles. The van der Waals surface area contributed by atoms with Crippen molar-refractivity contribution < 1.29 is 13.2 Å². The second-order valence-corrected chi connectivity index (χ2v) is 5.14. The smallest absolute Gasteiger partial charge is 0.219 e. The first-order valence-electron chi connectivity index (χ1n) is 4.16. The monoisotopic (exact) mass is 257 g/mol. The van der Waals surface area contributed by atoms with Gasteiger partial charge in [-0.25, -0.2) is 8.42 Å². The Hall–Kier alpha value is -1.51. The summed E-state index contributed by atoms with van der Waals surface area (Å²) in [6.07, 6.45) is 0.893. The van der Waals surface area contributed by atoms with E-state index in [9.17, 15) is 8.42 Å². The van der Waals surface area contributed by atoms with Crippen LogP contribution in [0.4, 0.5) is 0 Å². The molecule has 0 atom stereocenters. The van der Waals surface area contributed by atoms with Crippen LogP contribution >= 0.6 is 11.6 Å². The van der Waals surface area contributed by atoms with E-state index < -0.39 is 14.7 Å². The lowest BCUT2D eigenvalue weighted by atomic mass is 10.4. The first-order chi connectivity index (χ1) is 7.52. The summed E-state index contributed by atoms with van der Waals surface area (Å²) in [7, 11) is -2.54. The largest absolute Gasteiger partial charge is 0.502 e. The number of ether oxygens (including phenoxy) is 1. The van der Waals surface area contributed by atoms with Gasteiger partial charge in [-0.05, 0) is 24.3 Å². The molecule has 4 nitrogen and oxygen atoms in total. The summed E-state index contributed by atoms with van der Waals surface area (Å²) in [5.41, 5.74) is 0. The third-order valence-corrected chi connectivity index (χ3v) is 3.66. The van der Waals surface area contributed by atoms with Gasteiger partial charge in [0, 0.05) is 5.02 Å². The molecule has 0 radical (unpaired) electrons. The van der Waals surface area contributed by atoms with Gasteiger partial charge in [-0.15, -0.1) is 0 Å². The van der Waals surface area contributed by atoms with Crippen molar-refractivity contribution in [3.05, 3.63) is 40.5 Å². The van der Waals surface area contributed by atoms with Gasteiger partial charge in [-0.1, -0.05) is 11.6 Å². The lowest BCUT2D eigenvalue weighted by Gasteiger charge is -2.02. The van der Waals surface area contributed by atoms with E-state index in [-0.39, 0.29) is 4.90 Å². The Morgan fingerprint density at radius 1 is 1.44 bits per heavy atom. The molecule has 0 spiro atoms. The summed E-state index contributed by atoms with van der Waals surface area (Å²) in [5, 5.41) is 9.13. The molecule has 0 unspecified atom stereocenters. The van der Waals surface area contributed by atoms with E-state index >= 15 is 0 Å². The van der Waals surface area contributed by atoms with Gasteiger partial charge in [-0.2, -0.15) is 5.26 Å². The maximum Gasteiger partial charge on any atom is 0.219 e. The summed E-state index contributed by atoms with van der Waals surface area (Å²) in [4.78, 5) is -0.445. The van der Waals surface area contributed by atoms with Crippen molar-refractivity contribution in [3.63, 3.8) is 0 Å². The van der Waals surface area contributed by atoms with Gasteiger partial charge in [0.05, 0.1) is 12.0 Å². The molecule has 84 valence electrons. The molecule has 6 heteroatoms. The minimum atomic E-state index is -3.81. The van der Waals surface area contributed by atoms with Crippen LogP contribution in [-0.4, -0.2) is 15.5 Å². The average Bonchev–Trinajstić information content (AvgIpc) is 2.26. The minimum Gasteiger partial charge on any atom is -0.502 e. The summed E-state index contributed by atoms with van der Waals surface area (Å²) in [6, 6.07) is 7.12. The number of benzene rings is 1. The zero-order valence-corrected chi connectivity index (χ0v) is 9.92. The van der Waals surface area contributed by atoms with Gasteiger partial charge < -0.3 is 4.74 Å². The van der Waals surface area contributed by atoms with Crippen molar-refractivity contribution in [3.8, 4) is 6.07 Å². The highest BCUT2D eigenvalue weighted by molar-refractivity contribution is 7.95. The molecule has 16 heavy (non-hydrogen) atoms. The SMILES string of the molecule is CO/C=C(\C#N)S(=O)(=O)c1ccc(Cl)cc1. The Bertz CT molecular complexity index is 540. The molecule has 1 aromatic rings. The van der Waals surface area contributed by atoms with Gasteiger partial charge in [0.15, 0.2) is 4.91 Å². The van der Waals surface area contributed by atoms with Crippen LogP contribution in [0.2, 0.25) is 5.02 Å². The Morgan fingerprint density at radius 3 is 2.44 bits per heavy atom. The zero-order chi connectivity index (χ0) is 12.2. The van der Waals surface area contributed by atoms with Crippen LogP contribution in [0.15, 0.2) is 40.3 Å². The number of hydrogen-bond donors (Lipinski definition) is 0. The summed E-state index contributed by atoms with van der Waals surface area (Å²) in [6.45, 7) is 0. The normalized spacial score (nSPS) is 11.9. The standard InChI is InChI=1S/C10H8ClNO3S/c1-15-7-10(6-12)16(13,14)9-4-2-8(11)3-5-9/h2-5,7H,1H3/b10-7+. The van der Waals surface area contributed by atoms with Crippen LogP contribution in [-0.2, 0) is 14.6 Å². The first kappa shape index (κ1) is 12.6. The lowest BCUT2D eigenvalue weighted by molar-refractivity contribution is 0.337. The third-order valence-electron chi connectivity index (χ3n) is 1.75. The Balaban J connectivity index is 3.27. The highest BCUT2D eigenvalue weighted by Crippen LogP contribution is 2.20. The van der Waals surface area contributed by atoms with E-state index in [0.717, 1.165) is 6.26 Å². The molecule has 0 aliphatic heterocycles. The number of methoxy groups -OCH3 is 1. The molecule has 0 saturated carbocycles. The van der Waals surface area contributed by atoms with Crippen molar-refractivity contribution in [2.45, 2.75) is 4.90 Å². The molecule has 0 aliphatic carbocycles. The van der Waals surface area contributed by atoms with Crippen LogP contribution in [0.3, 0.4) is 0 Å². The lowest BCUT2D eigenvalue weighted by Crippen LogP contribution is -2.03. The Morgan fingerprint density at radius 2 is 2.00 bits per heavy atom. The Labute approximate surface area is 98.6 Å². The van der Waals surface area contributed by atoms with Crippen molar-refractivity contribution in [1.29, 1.82) is 5.26 Å². The fourth-order valence-corrected chi connectivity index (χ4v) is 2.21. The fraction of sp³-hybridized carbons (Fsp3) is 0.100. The number of sulfone groups is 1. The fourth-order valence-electron chi connectivity index (χ4n) is 0.998. The van der Waals surface area contributed by atoms with E-state index in [1.54, 1.807) is 6.07 Å². The van der Waals surface area contributed by atoms with Crippen molar-refractivity contribution in [1.82, 2.24) is 0 Å². The second kappa shape index (κ2) is 5.01. The minimum absolute atomic E-state index is 0.00162. The van der Waals surface area contributed by atoms with E-state index in [1.165, 1.54) is 31.4 Å². The van der Waals surface area contributed by atoms with Crippen LogP contribution in [0, 0.1) is 11.3 Å². The quantitative estimate of drug-likeness (QED) is 0.614. The van der Waals surface area contributed by atoms with Crippen LogP contribution in [0.1, 0.15) is 0 Å². The topological polar surface area (TPSA) is 67.2 Å². The van der Waals surface area contributed by atoms with E-state index in [0.29, 0.717) is 5.02 Å². The number of hydrogen-bond acceptors (Lipinski definition) is 4. The molecule has 0 amide bonds. The van der Waals surface area contributed by atoms with Crippen LogP contribution in [0.5, 0.6) is 0 Å². The zero-order valence-electron chi connectivity index (χ0n) is 8.34. The molecule has 0 N–H and O–H groups in total. The van der Waals surface area contributed by atoms with E-state index in [1.807, 2.05) is 0 Å².